The Morgan fingerprint density at radius 1 is 1.36 bits per heavy atom. The van der Waals surface area contributed by atoms with E-state index in [1.54, 1.807) is 13.2 Å². The van der Waals surface area contributed by atoms with E-state index in [9.17, 15) is 9.59 Å². The molecule has 0 aromatic carbocycles. The number of nitrogens with zero attached hydrogens (tertiary/aromatic N) is 3. The smallest absolute Gasteiger partial charge is 0.266 e. The largest absolute Gasteiger partial charge is 0.500 e. The number of H-pyrrole nitrogens is 1. The second-order valence-electron chi connectivity index (χ2n) is 7.12. The van der Waals surface area contributed by atoms with Crippen LogP contribution in [0.3, 0.4) is 0 Å². The second-order valence-corrected chi connectivity index (χ2v) is 7.12. The van der Waals surface area contributed by atoms with Crippen LogP contribution >= 0.6 is 0 Å². The van der Waals surface area contributed by atoms with Gasteiger partial charge in [0.25, 0.3) is 5.56 Å². The molecule has 0 saturated carbocycles. The van der Waals surface area contributed by atoms with Gasteiger partial charge in [-0.05, 0) is 12.3 Å². The van der Waals surface area contributed by atoms with Crippen LogP contribution in [-0.2, 0) is 22.5 Å². The van der Waals surface area contributed by atoms with Crippen molar-refractivity contribution in [2.75, 3.05) is 12.4 Å². The minimum atomic E-state index is -0.261. The molecule has 0 atom stereocenters. The summed E-state index contributed by atoms with van der Waals surface area (Å²) in [6, 6.07) is 3.17. The summed E-state index contributed by atoms with van der Waals surface area (Å²) < 4.78 is 6.96. The highest BCUT2D eigenvalue weighted by Crippen LogP contribution is 2.27. The minimum Gasteiger partial charge on any atom is -0.500 e. The standard InChI is InChI=1S/C20H25N5O3/c1-13(2)11-25-20(27)9-14(24-25)8-19(26)23-18-10-16(21-12-22-18)15-6-4-5-7-17(15)28-3/h4,6,9-10,12-13,24H,5,7-8,11H2,1-3H3,(H,21,22,23,26). The van der Waals surface area contributed by atoms with Crippen LogP contribution in [0.4, 0.5) is 5.82 Å². The first kappa shape index (κ1) is 19.6. The topological polar surface area (TPSA) is 102 Å². The highest BCUT2D eigenvalue weighted by Gasteiger charge is 2.14. The molecule has 0 aliphatic heterocycles. The molecule has 0 unspecified atom stereocenters. The summed E-state index contributed by atoms with van der Waals surface area (Å²) in [4.78, 5) is 32.7. The fourth-order valence-corrected chi connectivity index (χ4v) is 3.10. The van der Waals surface area contributed by atoms with Gasteiger partial charge in [0.1, 0.15) is 17.9 Å². The first-order valence-corrected chi connectivity index (χ1v) is 9.31. The van der Waals surface area contributed by atoms with Gasteiger partial charge in [0.15, 0.2) is 0 Å². The lowest BCUT2D eigenvalue weighted by atomic mass is 10.0. The maximum atomic E-state index is 12.4. The summed E-state index contributed by atoms with van der Waals surface area (Å²) in [6.45, 7) is 4.64. The molecule has 1 amide bonds. The monoisotopic (exact) mass is 383 g/mol. The van der Waals surface area contributed by atoms with Crippen molar-refractivity contribution in [3.8, 4) is 0 Å². The number of carbonyl (C=O) groups is 1. The van der Waals surface area contributed by atoms with E-state index in [0.29, 0.717) is 29.7 Å². The van der Waals surface area contributed by atoms with Gasteiger partial charge >= 0.3 is 0 Å². The highest BCUT2D eigenvalue weighted by atomic mass is 16.5. The molecule has 2 aromatic rings. The lowest BCUT2D eigenvalue weighted by molar-refractivity contribution is -0.115. The maximum absolute atomic E-state index is 12.4. The molecule has 8 nitrogen and oxygen atoms in total. The SMILES string of the molecule is COC1=C(c2cc(NC(=O)Cc3cc(=O)n(CC(C)C)[nH]3)ncn2)C=CCC1. The molecule has 0 bridgehead atoms. The molecule has 1 aliphatic rings. The van der Waals surface area contributed by atoms with Gasteiger partial charge < -0.3 is 10.1 Å². The normalized spacial score (nSPS) is 13.9. The number of amides is 1. The van der Waals surface area contributed by atoms with Crippen molar-refractivity contribution in [3.63, 3.8) is 0 Å². The molecule has 0 radical (unpaired) electrons. The Morgan fingerprint density at radius 3 is 2.93 bits per heavy atom. The van der Waals surface area contributed by atoms with Crippen molar-refractivity contribution in [2.24, 2.45) is 5.92 Å². The summed E-state index contributed by atoms with van der Waals surface area (Å²) in [5, 5.41) is 5.75. The average molecular weight is 383 g/mol. The van der Waals surface area contributed by atoms with E-state index in [-0.39, 0.29) is 17.9 Å². The van der Waals surface area contributed by atoms with Crippen molar-refractivity contribution in [1.29, 1.82) is 0 Å². The number of anilines is 1. The van der Waals surface area contributed by atoms with Gasteiger partial charge in [-0.1, -0.05) is 26.0 Å². The van der Waals surface area contributed by atoms with Gasteiger partial charge in [-0.15, -0.1) is 0 Å². The van der Waals surface area contributed by atoms with Gasteiger partial charge in [0, 0.05) is 36.4 Å². The fourth-order valence-electron chi connectivity index (χ4n) is 3.10. The lowest BCUT2D eigenvalue weighted by Crippen LogP contribution is -2.19. The Bertz CT molecular complexity index is 968. The van der Waals surface area contributed by atoms with E-state index in [0.717, 1.165) is 24.2 Å². The average Bonchev–Trinajstić information content (AvgIpc) is 2.99. The van der Waals surface area contributed by atoms with E-state index in [2.05, 4.69) is 26.5 Å². The maximum Gasteiger partial charge on any atom is 0.266 e. The summed E-state index contributed by atoms with van der Waals surface area (Å²) >= 11 is 0. The number of aromatic nitrogens is 4. The molecular weight excluding hydrogens is 358 g/mol. The number of ether oxygens (including phenoxy) is 1. The Labute approximate surface area is 163 Å². The summed E-state index contributed by atoms with van der Waals surface area (Å²) in [5.41, 5.74) is 2.01. The summed E-state index contributed by atoms with van der Waals surface area (Å²) in [7, 11) is 1.64. The molecule has 148 valence electrons. The Morgan fingerprint density at radius 2 is 2.18 bits per heavy atom. The quantitative estimate of drug-likeness (QED) is 0.765. The van der Waals surface area contributed by atoms with E-state index in [1.165, 1.54) is 17.1 Å². The van der Waals surface area contributed by atoms with Crippen LogP contribution < -0.4 is 10.9 Å². The molecule has 2 N–H and O–H groups in total. The number of nitrogens with one attached hydrogen (secondary N) is 2. The van der Waals surface area contributed by atoms with Crippen LogP contribution in [0.2, 0.25) is 0 Å². The predicted octanol–water partition coefficient (Wildman–Crippen LogP) is 2.51. The molecule has 1 aliphatic carbocycles. The van der Waals surface area contributed by atoms with Crippen molar-refractivity contribution in [1.82, 2.24) is 19.7 Å². The van der Waals surface area contributed by atoms with Crippen LogP contribution in [0.15, 0.2) is 41.2 Å². The number of aromatic amines is 1. The molecule has 2 heterocycles. The Hall–Kier alpha value is -3.16. The third-order valence-electron chi connectivity index (χ3n) is 4.32. The van der Waals surface area contributed by atoms with E-state index in [1.807, 2.05) is 19.9 Å². The molecule has 28 heavy (non-hydrogen) atoms. The lowest BCUT2D eigenvalue weighted by Gasteiger charge is -2.14. The van der Waals surface area contributed by atoms with Crippen molar-refractivity contribution >= 4 is 17.3 Å². The zero-order valence-corrected chi connectivity index (χ0v) is 16.4. The fraction of sp³-hybridized carbons (Fsp3) is 0.400. The minimum absolute atomic E-state index is 0.0611. The molecule has 0 spiro atoms. The second kappa shape index (κ2) is 8.69. The van der Waals surface area contributed by atoms with E-state index < -0.39 is 0 Å². The number of hydrogen-bond acceptors (Lipinski definition) is 5. The first-order valence-electron chi connectivity index (χ1n) is 9.31. The van der Waals surface area contributed by atoms with E-state index >= 15 is 0 Å². The number of allylic oxidation sites excluding steroid dienone is 4. The van der Waals surface area contributed by atoms with Crippen LogP contribution in [0, 0.1) is 5.92 Å². The number of hydrogen-bond donors (Lipinski definition) is 2. The molecule has 0 saturated heterocycles. The van der Waals surface area contributed by atoms with Crippen molar-refractivity contribution in [2.45, 2.75) is 39.7 Å². The zero-order valence-electron chi connectivity index (χ0n) is 16.4. The zero-order chi connectivity index (χ0) is 20.1. The third-order valence-corrected chi connectivity index (χ3v) is 4.32. The van der Waals surface area contributed by atoms with E-state index in [4.69, 9.17) is 4.74 Å². The number of rotatable bonds is 7. The molecule has 8 heteroatoms. The summed E-state index contributed by atoms with van der Waals surface area (Å²) in [5.74, 6) is 1.34. The Balaban J connectivity index is 1.71. The molecular formula is C20H25N5O3. The number of carbonyl (C=O) groups excluding carboxylic acids is 1. The first-order chi connectivity index (χ1) is 13.5. The van der Waals surface area contributed by atoms with Crippen molar-refractivity contribution < 1.29 is 9.53 Å². The van der Waals surface area contributed by atoms with Crippen LogP contribution in [0.25, 0.3) is 5.57 Å². The predicted molar refractivity (Wildman–Crippen MR) is 107 cm³/mol. The number of methoxy groups -OCH3 is 1. The highest BCUT2D eigenvalue weighted by molar-refractivity contribution is 5.91. The van der Waals surface area contributed by atoms with Crippen LogP contribution in [0.1, 0.15) is 38.1 Å². The van der Waals surface area contributed by atoms with Crippen LogP contribution in [0.5, 0.6) is 0 Å². The molecule has 0 fully saturated rings. The third kappa shape index (κ3) is 4.76. The van der Waals surface area contributed by atoms with Gasteiger partial charge in [0.2, 0.25) is 5.91 Å². The Kier molecular flexibility index (Phi) is 6.08. The molecule has 2 aromatic heterocycles. The van der Waals surface area contributed by atoms with Gasteiger partial charge in [-0.3, -0.25) is 19.4 Å². The summed E-state index contributed by atoms with van der Waals surface area (Å²) in [6.07, 6.45) is 7.25. The van der Waals surface area contributed by atoms with Crippen molar-refractivity contribution in [3.05, 3.63) is 58.1 Å². The van der Waals surface area contributed by atoms with Gasteiger partial charge in [-0.2, -0.15) is 0 Å². The van der Waals surface area contributed by atoms with Crippen LogP contribution in [-0.4, -0.2) is 32.8 Å². The van der Waals surface area contributed by atoms with Gasteiger partial charge in [-0.25, -0.2) is 9.97 Å². The van der Waals surface area contributed by atoms with Gasteiger partial charge in [0.05, 0.1) is 19.2 Å². The molecule has 3 rings (SSSR count).